The minimum absolute atomic E-state index is 0.0166. The quantitative estimate of drug-likeness (QED) is 0.162. The van der Waals surface area contributed by atoms with Crippen molar-refractivity contribution in [1.82, 2.24) is 0 Å². The van der Waals surface area contributed by atoms with Crippen molar-refractivity contribution in [2.75, 3.05) is 12.3 Å². The van der Waals surface area contributed by atoms with Crippen molar-refractivity contribution in [2.45, 2.75) is 46.0 Å². The van der Waals surface area contributed by atoms with Crippen LogP contribution in [0.1, 0.15) is 42.9 Å². The Morgan fingerprint density at radius 1 is 0.730 bits per heavy atom. The normalized spacial score (nSPS) is 13.3. The van der Waals surface area contributed by atoms with E-state index >= 15 is 0 Å². The van der Waals surface area contributed by atoms with Gasteiger partial charge in [0.25, 0.3) is 0 Å². The Balaban J connectivity index is 1.64. The molecular weight excluding hydrogens is 487 g/mol. The van der Waals surface area contributed by atoms with Crippen LogP contribution in [0.25, 0.3) is 0 Å². The summed E-state index contributed by atoms with van der Waals surface area (Å²) in [5.74, 6) is -1.65. The summed E-state index contributed by atoms with van der Waals surface area (Å²) < 4.78 is 30.7. The summed E-state index contributed by atoms with van der Waals surface area (Å²) in [6.07, 6.45) is 1.21. The predicted molar refractivity (Wildman–Crippen MR) is 144 cm³/mol. The van der Waals surface area contributed by atoms with Crippen LogP contribution in [0, 0.1) is 5.92 Å². The van der Waals surface area contributed by atoms with Gasteiger partial charge in [-0.2, -0.15) is 0 Å². The van der Waals surface area contributed by atoms with Gasteiger partial charge in [-0.15, -0.1) is 0 Å². The van der Waals surface area contributed by atoms with Gasteiger partial charge in [-0.1, -0.05) is 97.9 Å². The summed E-state index contributed by atoms with van der Waals surface area (Å²) in [7, 11) is -3.17. The molecule has 3 rings (SSSR count). The first-order valence-electron chi connectivity index (χ1n) is 12.6. The summed E-state index contributed by atoms with van der Waals surface area (Å²) in [5.41, 5.74) is 2.65. The highest BCUT2D eigenvalue weighted by molar-refractivity contribution is 7.59. The first-order valence-corrected chi connectivity index (χ1v) is 14.6. The van der Waals surface area contributed by atoms with Crippen LogP contribution >= 0.6 is 7.37 Å². The highest BCUT2D eigenvalue weighted by Gasteiger charge is 2.32. The number of hydrogen-bond acceptors (Lipinski definition) is 6. The molecular formula is C30H35O6P. The fourth-order valence-corrected chi connectivity index (χ4v) is 6.37. The highest BCUT2D eigenvalue weighted by Crippen LogP contribution is 2.50. The largest absolute Gasteiger partial charge is 0.461 e. The summed E-state index contributed by atoms with van der Waals surface area (Å²) in [6.45, 7) is 2.40. The van der Waals surface area contributed by atoms with E-state index in [2.05, 4.69) is 0 Å². The Labute approximate surface area is 219 Å². The molecule has 3 aromatic carbocycles. The second-order valence-electron chi connectivity index (χ2n) is 8.95. The molecule has 7 heteroatoms. The number of benzene rings is 3. The summed E-state index contributed by atoms with van der Waals surface area (Å²) >= 11 is 0. The second-order valence-corrected chi connectivity index (χ2v) is 11.7. The molecule has 3 aromatic rings. The van der Waals surface area contributed by atoms with Crippen LogP contribution in [0.5, 0.6) is 0 Å². The molecule has 2 atom stereocenters. The monoisotopic (exact) mass is 522 g/mol. The number of esters is 2. The lowest BCUT2D eigenvalue weighted by atomic mass is 10.1. The van der Waals surface area contributed by atoms with Gasteiger partial charge >= 0.3 is 11.9 Å². The van der Waals surface area contributed by atoms with Gasteiger partial charge in [0.15, 0.2) is 0 Å². The molecule has 0 saturated heterocycles. The minimum atomic E-state index is -3.17. The van der Waals surface area contributed by atoms with Crippen LogP contribution in [-0.4, -0.2) is 24.3 Å². The molecule has 0 amide bonds. The van der Waals surface area contributed by atoms with Crippen molar-refractivity contribution < 1.29 is 28.2 Å². The van der Waals surface area contributed by atoms with Crippen molar-refractivity contribution in [1.29, 1.82) is 0 Å². The van der Waals surface area contributed by atoms with Crippen LogP contribution in [0.15, 0.2) is 91.0 Å². The van der Waals surface area contributed by atoms with E-state index in [1.54, 1.807) is 0 Å². The van der Waals surface area contributed by atoms with Crippen molar-refractivity contribution in [3.63, 3.8) is 0 Å². The fraction of sp³-hybridized carbons (Fsp3) is 0.333. The van der Waals surface area contributed by atoms with E-state index in [-0.39, 0.29) is 38.8 Å². The maximum atomic E-state index is 13.8. The lowest BCUT2D eigenvalue weighted by Crippen LogP contribution is -2.24. The smallest absolute Gasteiger partial charge is 0.309 e. The van der Waals surface area contributed by atoms with Crippen molar-refractivity contribution >= 4 is 19.3 Å². The molecule has 0 aliphatic rings. The van der Waals surface area contributed by atoms with Gasteiger partial charge in [0.1, 0.15) is 13.2 Å². The Bertz CT molecular complexity index is 1130. The highest BCUT2D eigenvalue weighted by atomic mass is 31.2. The van der Waals surface area contributed by atoms with Gasteiger partial charge in [-0.05, 0) is 29.5 Å². The van der Waals surface area contributed by atoms with Gasteiger partial charge in [-0.25, -0.2) is 0 Å². The van der Waals surface area contributed by atoms with Gasteiger partial charge in [0.2, 0.25) is 7.37 Å². The van der Waals surface area contributed by atoms with Crippen LogP contribution in [0.3, 0.4) is 0 Å². The standard InChI is InChI=1S/C30H35O6P/c1-2-20-37(33,36-23-27-16-10-5-11-17-27)24-28(30(32)35-22-26-14-8-4-9-15-26)18-19-29(31)34-21-25-12-6-3-7-13-25/h3-17,28H,2,18-24H2,1H3. The Morgan fingerprint density at radius 2 is 1.22 bits per heavy atom. The zero-order valence-corrected chi connectivity index (χ0v) is 22.2. The van der Waals surface area contributed by atoms with E-state index in [1.165, 1.54) is 0 Å². The molecule has 0 bridgehead atoms. The summed E-state index contributed by atoms with van der Waals surface area (Å²) in [4.78, 5) is 25.6. The maximum absolute atomic E-state index is 13.8. The second kappa shape index (κ2) is 15.1. The van der Waals surface area contributed by atoms with E-state index in [4.69, 9.17) is 14.0 Å². The first kappa shape index (κ1) is 28.4. The predicted octanol–water partition coefficient (Wildman–Crippen LogP) is 6.77. The average molecular weight is 523 g/mol. The first-order chi connectivity index (χ1) is 18.0. The molecule has 0 fully saturated rings. The maximum Gasteiger partial charge on any atom is 0.309 e. The molecule has 37 heavy (non-hydrogen) atoms. The average Bonchev–Trinajstić information content (AvgIpc) is 2.93. The third-order valence-corrected chi connectivity index (χ3v) is 8.59. The Morgan fingerprint density at radius 3 is 1.73 bits per heavy atom. The number of rotatable bonds is 15. The molecule has 0 aromatic heterocycles. The van der Waals surface area contributed by atoms with E-state index in [9.17, 15) is 14.2 Å². The third-order valence-electron chi connectivity index (χ3n) is 5.87. The van der Waals surface area contributed by atoms with Crippen LogP contribution in [0.2, 0.25) is 0 Å². The minimum Gasteiger partial charge on any atom is -0.461 e. The molecule has 2 unspecified atom stereocenters. The molecule has 0 N–H and O–H groups in total. The van der Waals surface area contributed by atoms with Crippen LogP contribution in [-0.2, 0) is 48.0 Å². The van der Waals surface area contributed by atoms with Crippen LogP contribution < -0.4 is 0 Å². The number of ether oxygens (including phenoxy) is 2. The fourth-order valence-electron chi connectivity index (χ4n) is 3.88. The topological polar surface area (TPSA) is 78.9 Å². The van der Waals surface area contributed by atoms with Crippen molar-refractivity contribution in [3.05, 3.63) is 108 Å². The zero-order chi connectivity index (χ0) is 26.3. The number of hydrogen-bond donors (Lipinski definition) is 0. The lowest BCUT2D eigenvalue weighted by molar-refractivity contribution is -0.150. The number of carbonyl (C=O) groups is 2. The Kier molecular flexibility index (Phi) is 11.6. The molecule has 6 nitrogen and oxygen atoms in total. The van der Waals surface area contributed by atoms with Crippen molar-refractivity contribution in [3.8, 4) is 0 Å². The molecule has 0 heterocycles. The zero-order valence-electron chi connectivity index (χ0n) is 21.3. The molecule has 0 radical (unpaired) electrons. The molecule has 0 spiro atoms. The summed E-state index contributed by atoms with van der Waals surface area (Å²) in [6, 6.07) is 28.3. The van der Waals surface area contributed by atoms with Crippen molar-refractivity contribution in [2.24, 2.45) is 5.92 Å². The summed E-state index contributed by atoms with van der Waals surface area (Å²) in [5, 5.41) is 0. The molecule has 0 aliphatic heterocycles. The van der Waals surface area contributed by atoms with Gasteiger partial charge in [0, 0.05) is 18.7 Å². The van der Waals surface area contributed by atoms with E-state index in [1.807, 2.05) is 97.9 Å². The van der Waals surface area contributed by atoms with Gasteiger partial charge in [-0.3, -0.25) is 14.2 Å². The van der Waals surface area contributed by atoms with Gasteiger partial charge in [0.05, 0.1) is 12.5 Å². The SMILES string of the molecule is CCCP(=O)(CC(CCC(=O)OCc1ccccc1)C(=O)OCc1ccccc1)OCc1ccccc1. The number of carbonyl (C=O) groups excluding carboxylic acids is 2. The molecule has 0 aliphatic carbocycles. The molecule has 196 valence electrons. The van der Waals surface area contributed by atoms with E-state index in [0.717, 1.165) is 16.7 Å². The molecule has 0 saturated carbocycles. The van der Waals surface area contributed by atoms with E-state index < -0.39 is 25.2 Å². The van der Waals surface area contributed by atoms with Gasteiger partial charge < -0.3 is 14.0 Å². The van der Waals surface area contributed by atoms with E-state index in [0.29, 0.717) is 12.6 Å². The Hall–Kier alpha value is -3.21. The lowest BCUT2D eigenvalue weighted by Gasteiger charge is -2.23. The van der Waals surface area contributed by atoms with Crippen LogP contribution in [0.4, 0.5) is 0 Å². The third kappa shape index (κ3) is 10.4.